The van der Waals surface area contributed by atoms with Gasteiger partial charge in [0, 0.05) is 31.7 Å². The summed E-state index contributed by atoms with van der Waals surface area (Å²) >= 11 is 0. The van der Waals surface area contributed by atoms with Crippen molar-refractivity contribution < 1.29 is 13.2 Å². The summed E-state index contributed by atoms with van der Waals surface area (Å²) in [6.07, 6.45) is 1.45. The number of nitrogens with zero attached hydrogens (tertiary/aromatic N) is 2. The highest BCUT2D eigenvalue weighted by atomic mass is 32.2. The average molecular weight is 277 g/mol. The van der Waals surface area contributed by atoms with E-state index in [2.05, 4.69) is 0 Å². The second-order valence-electron chi connectivity index (χ2n) is 5.31. The van der Waals surface area contributed by atoms with Crippen molar-refractivity contribution in [2.75, 3.05) is 26.2 Å². The second-order valence-corrected chi connectivity index (χ2v) is 7.19. The van der Waals surface area contributed by atoms with Gasteiger partial charge in [-0.1, -0.05) is 0 Å². The molecule has 2 N–H and O–H groups in total. The Kier molecular flexibility index (Phi) is 4.28. The minimum atomic E-state index is -3.36. The molecule has 6 nitrogen and oxygen atoms in total. The summed E-state index contributed by atoms with van der Waals surface area (Å²) in [5.74, 6) is 0. The maximum absolute atomic E-state index is 12.6. The van der Waals surface area contributed by atoms with Crippen molar-refractivity contribution in [1.29, 1.82) is 0 Å². The first-order valence-corrected chi connectivity index (χ1v) is 7.95. The van der Waals surface area contributed by atoms with Gasteiger partial charge in [-0.15, -0.1) is 0 Å². The lowest BCUT2D eigenvalue weighted by atomic mass is 10.1. The van der Waals surface area contributed by atoms with E-state index in [1.165, 1.54) is 0 Å². The third kappa shape index (κ3) is 2.85. The molecule has 7 heteroatoms. The lowest BCUT2D eigenvalue weighted by molar-refractivity contribution is -0.0193. The third-order valence-electron chi connectivity index (χ3n) is 3.67. The zero-order valence-electron chi connectivity index (χ0n) is 11.1. The fourth-order valence-corrected chi connectivity index (χ4v) is 4.33. The van der Waals surface area contributed by atoms with Crippen molar-refractivity contribution in [2.45, 2.75) is 44.9 Å². The summed E-state index contributed by atoms with van der Waals surface area (Å²) in [5, 5.41) is 0. The molecule has 0 unspecified atom stereocenters. The summed E-state index contributed by atoms with van der Waals surface area (Å²) < 4.78 is 33.7. The van der Waals surface area contributed by atoms with Crippen LogP contribution in [0.5, 0.6) is 0 Å². The average Bonchev–Trinajstić information content (AvgIpc) is 2.32. The van der Waals surface area contributed by atoms with Crippen LogP contribution < -0.4 is 5.73 Å². The molecule has 2 aliphatic heterocycles. The predicted molar refractivity (Wildman–Crippen MR) is 69.3 cm³/mol. The minimum Gasteiger partial charge on any atom is -0.375 e. The monoisotopic (exact) mass is 277 g/mol. The first kappa shape index (κ1) is 14.2. The number of nitrogens with two attached hydrogens (primary N) is 1. The SMILES string of the molecule is C[C@H]1CN(S(=O)(=O)N2CCC(N)CC2)[C@@H](C)CO1. The van der Waals surface area contributed by atoms with Gasteiger partial charge in [0.1, 0.15) is 0 Å². The molecule has 2 rings (SSSR count). The Hall–Kier alpha value is -0.210. The van der Waals surface area contributed by atoms with Crippen LogP contribution in [0.1, 0.15) is 26.7 Å². The van der Waals surface area contributed by atoms with E-state index in [0.29, 0.717) is 26.2 Å². The van der Waals surface area contributed by atoms with Crippen molar-refractivity contribution in [1.82, 2.24) is 8.61 Å². The molecule has 0 aromatic carbocycles. The summed E-state index contributed by atoms with van der Waals surface area (Å²) in [6.45, 7) is 5.75. The van der Waals surface area contributed by atoms with Crippen LogP contribution in [0.3, 0.4) is 0 Å². The van der Waals surface area contributed by atoms with Crippen LogP contribution in [-0.4, -0.2) is 61.5 Å². The van der Waals surface area contributed by atoms with Gasteiger partial charge in [0.2, 0.25) is 0 Å². The maximum atomic E-state index is 12.6. The Morgan fingerprint density at radius 1 is 1.22 bits per heavy atom. The van der Waals surface area contributed by atoms with Crippen LogP contribution >= 0.6 is 0 Å². The van der Waals surface area contributed by atoms with Crippen molar-refractivity contribution >= 4 is 10.2 Å². The molecule has 0 aromatic heterocycles. The molecular formula is C11H23N3O3S. The van der Waals surface area contributed by atoms with Crippen molar-refractivity contribution in [3.05, 3.63) is 0 Å². The number of ether oxygens (including phenoxy) is 1. The molecule has 2 heterocycles. The van der Waals surface area contributed by atoms with Gasteiger partial charge in [-0.2, -0.15) is 17.0 Å². The standard InChI is InChI=1S/C11H23N3O3S/c1-9-8-17-10(2)7-14(9)18(15,16)13-5-3-11(12)4-6-13/h9-11H,3-8,12H2,1-2H3/t9-,10-/m0/s1. The van der Waals surface area contributed by atoms with Crippen LogP contribution in [0.4, 0.5) is 0 Å². The Labute approximate surface area is 109 Å². The lowest BCUT2D eigenvalue weighted by Gasteiger charge is -2.40. The van der Waals surface area contributed by atoms with Gasteiger partial charge in [0.25, 0.3) is 10.2 Å². The highest BCUT2D eigenvalue weighted by Crippen LogP contribution is 2.21. The zero-order chi connectivity index (χ0) is 13.3. The van der Waals surface area contributed by atoms with E-state index in [0.717, 1.165) is 12.8 Å². The molecule has 0 spiro atoms. The molecule has 2 saturated heterocycles. The molecule has 2 atom stereocenters. The number of morpholine rings is 1. The molecule has 0 amide bonds. The summed E-state index contributed by atoms with van der Waals surface area (Å²) in [4.78, 5) is 0. The van der Waals surface area contributed by atoms with E-state index in [4.69, 9.17) is 10.5 Å². The Morgan fingerprint density at radius 3 is 2.44 bits per heavy atom. The Morgan fingerprint density at radius 2 is 1.83 bits per heavy atom. The number of hydrogen-bond donors (Lipinski definition) is 1. The van der Waals surface area contributed by atoms with E-state index >= 15 is 0 Å². The molecule has 0 saturated carbocycles. The van der Waals surface area contributed by atoms with Crippen LogP contribution in [0, 0.1) is 0 Å². The fourth-order valence-electron chi connectivity index (χ4n) is 2.45. The maximum Gasteiger partial charge on any atom is 0.282 e. The predicted octanol–water partition coefficient (Wildman–Crippen LogP) is -0.236. The first-order chi connectivity index (χ1) is 8.41. The van der Waals surface area contributed by atoms with Crippen LogP contribution in [-0.2, 0) is 14.9 Å². The highest BCUT2D eigenvalue weighted by Gasteiger charge is 2.38. The van der Waals surface area contributed by atoms with E-state index in [1.54, 1.807) is 8.61 Å². The normalized spacial score (nSPS) is 33.7. The topological polar surface area (TPSA) is 75.9 Å². The Balaban J connectivity index is 2.09. The van der Waals surface area contributed by atoms with Gasteiger partial charge in [0.05, 0.1) is 12.7 Å². The van der Waals surface area contributed by atoms with Gasteiger partial charge in [-0.3, -0.25) is 0 Å². The zero-order valence-corrected chi connectivity index (χ0v) is 11.9. The second kappa shape index (κ2) is 5.42. The molecule has 18 heavy (non-hydrogen) atoms. The van der Waals surface area contributed by atoms with Crippen LogP contribution in [0.15, 0.2) is 0 Å². The van der Waals surface area contributed by atoms with Crippen LogP contribution in [0.25, 0.3) is 0 Å². The number of hydrogen-bond acceptors (Lipinski definition) is 4. The third-order valence-corrected chi connectivity index (χ3v) is 5.79. The molecule has 0 bridgehead atoms. The molecule has 0 radical (unpaired) electrons. The number of rotatable bonds is 2. The van der Waals surface area contributed by atoms with E-state index in [1.807, 2.05) is 13.8 Å². The summed E-state index contributed by atoms with van der Waals surface area (Å²) in [5.41, 5.74) is 5.81. The summed E-state index contributed by atoms with van der Waals surface area (Å²) in [7, 11) is -3.36. The van der Waals surface area contributed by atoms with Gasteiger partial charge < -0.3 is 10.5 Å². The fraction of sp³-hybridized carbons (Fsp3) is 1.00. The smallest absolute Gasteiger partial charge is 0.282 e. The molecule has 2 aliphatic rings. The molecule has 0 aliphatic carbocycles. The van der Waals surface area contributed by atoms with E-state index in [9.17, 15) is 8.42 Å². The molecule has 2 fully saturated rings. The lowest BCUT2D eigenvalue weighted by Crippen LogP contribution is -2.56. The summed E-state index contributed by atoms with van der Waals surface area (Å²) in [6, 6.07) is 0.0410. The van der Waals surface area contributed by atoms with Crippen molar-refractivity contribution in [2.24, 2.45) is 5.73 Å². The van der Waals surface area contributed by atoms with Gasteiger partial charge >= 0.3 is 0 Å². The molecule has 106 valence electrons. The number of piperidine rings is 1. The largest absolute Gasteiger partial charge is 0.375 e. The highest BCUT2D eigenvalue weighted by molar-refractivity contribution is 7.86. The quantitative estimate of drug-likeness (QED) is 0.756. The van der Waals surface area contributed by atoms with Gasteiger partial charge in [-0.25, -0.2) is 0 Å². The van der Waals surface area contributed by atoms with E-state index < -0.39 is 10.2 Å². The van der Waals surface area contributed by atoms with Crippen molar-refractivity contribution in [3.8, 4) is 0 Å². The van der Waals surface area contributed by atoms with Gasteiger partial charge in [-0.05, 0) is 26.7 Å². The molecule has 0 aromatic rings. The molecular weight excluding hydrogens is 254 g/mol. The van der Waals surface area contributed by atoms with Crippen molar-refractivity contribution in [3.63, 3.8) is 0 Å². The first-order valence-electron chi connectivity index (χ1n) is 6.55. The Bertz CT molecular complexity index is 379. The minimum absolute atomic E-state index is 0.0389. The van der Waals surface area contributed by atoms with Crippen LogP contribution in [0.2, 0.25) is 0 Å². The van der Waals surface area contributed by atoms with Gasteiger partial charge in [0.15, 0.2) is 0 Å². The van der Waals surface area contributed by atoms with E-state index in [-0.39, 0.29) is 18.2 Å².